The van der Waals surface area contributed by atoms with Gasteiger partial charge >= 0.3 is 0 Å². The van der Waals surface area contributed by atoms with Crippen molar-refractivity contribution < 1.29 is 0 Å². The number of nitrogens with zero attached hydrogens (tertiary/aromatic N) is 1. The van der Waals surface area contributed by atoms with Gasteiger partial charge in [0.15, 0.2) is 0 Å². The minimum Gasteiger partial charge on any atom is -0.300 e. The van der Waals surface area contributed by atoms with Crippen molar-refractivity contribution in [2.75, 3.05) is 13.1 Å². The second-order valence-corrected chi connectivity index (χ2v) is 9.02. The van der Waals surface area contributed by atoms with Crippen molar-refractivity contribution >= 4 is 11.9 Å². The number of benzene rings is 1. The summed E-state index contributed by atoms with van der Waals surface area (Å²) in [6.07, 6.45) is 8.21. The van der Waals surface area contributed by atoms with E-state index in [1.54, 1.807) is 0 Å². The van der Waals surface area contributed by atoms with E-state index in [-0.39, 0.29) is 0 Å². The van der Waals surface area contributed by atoms with E-state index in [9.17, 15) is 0 Å². The third kappa shape index (κ3) is 4.56. The van der Waals surface area contributed by atoms with E-state index in [4.69, 9.17) is 0 Å². The summed E-state index contributed by atoms with van der Waals surface area (Å²) in [5.74, 6) is 0.941. The van der Waals surface area contributed by atoms with E-state index in [1.165, 1.54) is 73.2 Å². The number of nitrogens with one attached hydrogen (secondary N) is 1. The van der Waals surface area contributed by atoms with Gasteiger partial charge in [-0.25, -0.2) is 0 Å². The maximum Gasteiger partial charge on any atom is 0.0286 e. The smallest absolute Gasteiger partial charge is 0.0286 e. The molecule has 0 atom stereocenters. The predicted octanol–water partition coefficient (Wildman–Crippen LogP) is 5.25. The first kappa shape index (κ1) is 18.3. The molecule has 0 unspecified atom stereocenters. The lowest BCUT2D eigenvalue weighted by molar-refractivity contribution is 0.106. The second kappa shape index (κ2) is 8.25. The summed E-state index contributed by atoms with van der Waals surface area (Å²) in [5.41, 5.74) is 4.17. The molecule has 0 spiro atoms. The Hall–Kier alpha value is -0.510. The fourth-order valence-corrected chi connectivity index (χ4v) is 5.38. The Kier molecular flexibility index (Phi) is 6.28. The van der Waals surface area contributed by atoms with Gasteiger partial charge in [0.25, 0.3) is 0 Å². The van der Waals surface area contributed by atoms with Crippen molar-refractivity contribution in [3.05, 3.63) is 28.8 Å². The lowest BCUT2D eigenvalue weighted by atomic mass is 9.88. The normalized spacial score (nSPS) is 26.7. The molecule has 24 heavy (non-hydrogen) atoms. The molecule has 2 aliphatic rings. The zero-order valence-electron chi connectivity index (χ0n) is 15.9. The van der Waals surface area contributed by atoms with Crippen LogP contribution in [-0.4, -0.2) is 30.1 Å². The molecule has 0 bridgehead atoms. The molecule has 2 fully saturated rings. The summed E-state index contributed by atoms with van der Waals surface area (Å²) in [6, 6.07) is 6.12. The van der Waals surface area contributed by atoms with Crippen LogP contribution in [0, 0.1) is 26.7 Å². The van der Waals surface area contributed by atoms with E-state index in [2.05, 4.69) is 49.4 Å². The van der Waals surface area contributed by atoms with Crippen LogP contribution in [0.15, 0.2) is 17.0 Å². The SMILES string of the molecule is Cc1cc(C)c(SNC2CCC(N3CCC(C)CC3)CC2)c(C)c1. The van der Waals surface area contributed by atoms with Crippen molar-refractivity contribution in [1.82, 2.24) is 9.62 Å². The molecule has 1 N–H and O–H groups in total. The molecular weight excluding hydrogens is 312 g/mol. The topological polar surface area (TPSA) is 15.3 Å². The van der Waals surface area contributed by atoms with E-state index < -0.39 is 0 Å². The number of aryl methyl sites for hydroxylation is 3. The molecule has 0 amide bonds. The zero-order chi connectivity index (χ0) is 17.1. The average Bonchev–Trinajstić information content (AvgIpc) is 2.55. The molecule has 1 saturated carbocycles. The number of piperidine rings is 1. The van der Waals surface area contributed by atoms with Gasteiger partial charge in [0, 0.05) is 17.0 Å². The molecule has 1 aromatic rings. The lowest BCUT2D eigenvalue weighted by Crippen LogP contribution is -2.44. The number of likely N-dealkylation sites (tertiary alicyclic amines) is 1. The Balaban J connectivity index is 1.46. The van der Waals surface area contributed by atoms with Crippen LogP contribution in [0.4, 0.5) is 0 Å². The van der Waals surface area contributed by atoms with Gasteiger partial charge in [-0.15, -0.1) is 0 Å². The van der Waals surface area contributed by atoms with Gasteiger partial charge in [0.2, 0.25) is 0 Å². The van der Waals surface area contributed by atoms with Crippen molar-refractivity contribution in [2.45, 2.75) is 83.2 Å². The molecule has 1 heterocycles. The standard InChI is InChI=1S/C21H34N2S/c1-15-9-11-23(12-10-15)20-7-5-19(6-8-20)22-24-21-17(3)13-16(2)14-18(21)4/h13-15,19-20,22H,5-12H2,1-4H3. The summed E-state index contributed by atoms with van der Waals surface area (Å²) in [6.45, 7) is 11.7. The Morgan fingerprint density at radius 1 is 0.917 bits per heavy atom. The van der Waals surface area contributed by atoms with Crippen LogP contribution in [0.25, 0.3) is 0 Å². The fourth-order valence-electron chi connectivity index (χ4n) is 4.42. The third-order valence-corrected chi connectivity index (χ3v) is 7.26. The van der Waals surface area contributed by atoms with Gasteiger partial charge in [-0.05, 0) is 101 Å². The Morgan fingerprint density at radius 2 is 1.50 bits per heavy atom. The average molecular weight is 347 g/mol. The zero-order valence-corrected chi connectivity index (χ0v) is 16.7. The van der Waals surface area contributed by atoms with Crippen molar-refractivity contribution in [3.63, 3.8) is 0 Å². The fraction of sp³-hybridized carbons (Fsp3) is 0.714. The van der Waals surface area contributed by atoms with Crippen LogP contribution in [0.5, 0.6) is 0 Å². The van der Waals surface area contributed by atoms with Crippen LogP contribution < -0.4 is 4.72 Å². The van der Waals surface area contributed by atoms with Crippen LogP contribution in [0.3, 0.4) is 0 Å². The van der Waals surface area contributed by atoms with Crippen LogP contribution >= 0.6 is 11.9 Å². The molecule has 3 rings (SSSR count). The highest BCUT2D eigenvalue weighted by Crippen LogP contribution is 2.30. The molecule has 1 aliphatic heterocycles. The number of rotatable bonds is 4. The Bertz CT molecular complexity index is 518. The lowest BCUT2D eigenvalue weighted by Gasteiger charge is -2.40. The van der Waals surface area contributed by atoms with E-state index in [0.29, 0.717) is 6.04 Å². The molecule has 1 aliphatic carbocycles. The first-order chi connectivity index (χ1) is 11.5. The Labute approximate surface area is 152 Å². The first-order valence-corrected chi connectivity index (χ1v) is 10.6. The third-order valence-electron chi connectivity index (χ3n) is 5.96. The quantitative estimate of drug-likeness (QED) is 0.749. The number of hydrogen-bond donors (Lipinski definition) is 1. The predicted molar refractivity (Wildman–Crippen MR) is 106 cm³/mol. The van der Waals surface area contributed by atoms with E-state index in [1.807, 2.05) is 11.9 Å². The van der Waals surface area contributed by atoms with Gasteiger partial charge in [0.05, 0.1) is 0 Å². The minimum atomic E-state index is 0.676. The largest absolute Gasteiger partial charge is 0.300 e. The highest BCUT2D eigenvalue weighted by molar-refractivity contribution is 7.97. The molecular formula is C21H34N2S. The second-order valence-electron chi connectivity index (χ2n) is 8.17. The summed E-state index contributed by atoms with van der Waals surface area (Å²) >= 11 is 1.86. The van der Waals surface area contributed by atoms with E-state index in [0.717, 1.165) is 12.0 Å². The monoisotopic (exact) mass is 346 g/mol. The maximum absolute atomic E-state index is 3.77. The van der Waals surface area contributed by atoms with Crippen molar-refractivity contribution in [3.8, 4) is 0 Å². The molecule has 3 heteroatoms. The molecule has 0 aromatic heterocycles. The van der Waals surface area contributed by atoms with Gasteiger partial charge in [-0.3, -0.25) is 4.72 Å². The summed E-state index contributed by atoms with van der Waals surface area (Å²) in [4.78, 5) is 4.20. The minimum absolute atomic E-state index is 0.676. The Morgan fingerprint density at radius 3 is 2.08 bits per heavy atom. The van der Waals surface area contributed by atoms with Crippen LogP contribution in [0.2, 0.25) is 0 Å². The molecule has 1 saturated heterocycles. The highest BCUT2D eigenvalue weighted by Gasteiger charge is 2.28. The van der Waals surface area contributed by atoms with Crippen LogP contribution in [-0.2, 0) is 0 Å². The van der Waals surface area contributed by atoms with Gasteiger partial charge in [-0.1, -0.05) is 24.6 Å². The summed E-state index contributed by atoms with van der Waals surface area (Å²) < 4.78 is 3.77. The van der Waals surface area contributed by atoms with Gasteiger partial charge < -0.3 is 4.90 Å². The van der Waals surface area contributed by atoms with Crippen molar-refractivity contribution in [2.24, 2.45) is 5.92 Å². The van der Waals surface area contributed by atoms with Gasteiger partial charge in [0.1, 0.15) is 0 Å². The molecule has 2 nitrogen and oxygen atoms in total. The maximum atomic E-state index is 3.77. The number of hydrogen-bond acceptors (Lipinski definition) is 3. The summed E-state index contributed by atoms with van der Waals surface area (Å²) in [5, 5.41) is 0. The molecule has 0 radical (unpaired) electrons. The van der Waals surface area contributed by atoms with Crippen molar-refractivity contribution in [1.29, 1.82) is 0 Å². The molecule has 134 valence electrons. The highest BCUT2D eigenvalue weighted by atomic mass is 32.2. The van der Waals surface area contributed by atoms with Gasteiger partial charge in [-0.2, -0.15) is 0 Å². The molecule has 1 aromatic carbocycles. The van der Waals surface area contributed by atoms with Crippen LogP contribution in [0.1, 0.15) is 62.1 Å². The first-order valence-electron chi connectivity index (χ1n) is 9.77. The summed E-state index contributed by atoms with van der Waals surface area (Å²) in [7, 11) is 0. The van der Waals surface area contributed by atoms with E-state index >= 15 is 0 Å².